The summed E-state index contributed by atoms with van der Waals surface area (Å²) in [6, 6.07) is 13.1. The maximum absolute atomic E-state index is 10.6. The van der Waals surface area contributed by atoms with Crippen molar-refractivity contribution in [3.63, 3.8) is 0 Å². The Morgan fingerprint density at radius 1 is 1.00 bits per heavy atom. The summed E-state index contributed by atoms with van der Waals surface area (Å²) in [6.07, 6.45) is 0.647. The van der Waals surface area contributed by atoms with Crippen LogP contribution in [0.3, 0.4) is 0 Å². The van der Waals surface area contributed by atoms with E-state index >= 15 is 0 Å². The van der Waals surface area contributed by atoms with Crippen molar-refractivity contribution in [1.29, 1.82) is 0 Å². The predicted molar refractivity (Wildman–Crippen MR) is 63.7 cm³/mol. The lowest BCUT2D eigenvalue weighted by molar-refractivity contribution is 0.112. The first-order valence-electron chi connectivity index (χ1n) is 5.06. The average molecular weight is 212 g/mol. The first-order chi connectivity index (χ1) is 7.70. The number of carbonyl (C=O) groups excluding carboxylic acids is 1. The lowest BCUT2D eigenvalue weighted by atomic mass is 10.0. The van der Waals surface area contributed by atoms with E-state index in [4.69, 9.17) is 0 Å². The molecule has 0 fully saturated rings. The van der Waals surface area contributed by atoms with Gasteiger partial charge in [-0.25, -0.2) is 0 Å². The van der Waals surface area contributed by atoms with Gasteiger partial charge in [-0.2, -0.15) is 0 Å². The molecule has 16 heavy (non-hydrogen) atoms. The molecule has 0 radical (unpaired) electrons. The van der Waals surface area contributed by atoms with Gasteiger partial charge in [-0.05, 0) is 30.2 Å². The molecule has 0 unspecified atom stereocenters. The summed E-state index contributed by atoms with van der Waals surface area (Å²) in [6.45, 7) is 2.02. The van der Waals surface area contributed by atoms with Crippen molar-refractivity contribution in [3.05, 3.63) is 53.6 Å². The topological polar surface area (TPSA) is 37.3 Å². The number of aldehydes is 1. The van der Waals surface area contributed by atoms with Crippen LogP contribution in [0.4, 0.5) is 0 Å². The van der Waals surface area contributed by atoms with E-state index in [2.05, 4.69) is 0 Å². The second-order valence-corrected chi connectivity index (χ2v) is 3.76. The van der Waals surface area contributed by atoms with Crippen molar-refractivity contribution in [2.75, 3.05) is 0 Å². The van der Waals surface area contributed by atoms with E-state index in [0.29, 0.717) is 11.8 Å². The number of carbonyl (C=O) groups is 1. The van der Waals surface area contributed by atoms with Crippen LogP contribution in [0, 0.1) is 6.92 Å². The summed E-state index contributed by atoms with van der Waals surface area (Å²) in [5.41, 5.74) is 3.44. The van der Waals surface area contributed by atoms with Crippen LogP contribution in [0.5, 0.6) is 5.75 Å². The molecule has 2 aromatic carbocycles. The van der Waals surface area contributed by atoms with Gasteiger partial charge in [-0.1, -0.05) is 35.9 Å². The minimum atomic E-state index is 0.0214. The normalized spacial score (nSPS) is 10.1. The van der Waals surface area contributed by atoms with E-state index in [-0.39, 0.29) is 5.75 Å². The molecule has 0 heterocycles. The van der Waals surface area contributed by atoms with Crippen LogP contribution < -0.4 is 0 Å². The fourth-order valence-electron chi connectivity index (χ4n) is 1.57. The molecule has 1 N–H and O–H groups in total. The maximum Gasteiger partial charge on any atom is 0.153 e. The monoisotopic (exact) mass is 212 g/mol. The molecule has 0 saturated heterocycles. The van der Waals surface area contributed by atoms with Crippen molar-refractivity contribution in [1.82, 2.24) is 0 Å². The van der Waals surface area contributed by atoms with Gasteiger partial charge in [0.1, 0.15) is 5.75 Å². The Labute approximate surface area is 94.2 Å². The molecule has 0 saturated carbocycles. The zero-order chi connectivity index (χ0) is 11.5. The Morgan fingerprint density at radius 3 is 2.19 bits per heavy atom. The maximum atomic E-state index is 10.6. The Balaban J connectivity index is 2.45. The Bertz CT molecular complexity index is 513. The van der Waals surface area contributed by atoms with Crippen LogP contribution in [0.15, 0.2) is 42.5 Å². The highest BCUT2D eigenvalue weighted by atomic mass is 16.3. The van der Waals surface area contributed by atoms with Gasteiger partial charge in [0.25, 0.3) is 0 Å². The molecule has 0 atom stereocenters. The summed E-state index contributed by atoms with van der Waals surface area (Å²) in [5.74, 6) is 0.0214. The van der Waals surface area contributed by atoms with E-state index in [9.17, 15) is 9.90 Å². The predicted octanol–water partition coefficient (Wildman–Crippen LogP) is 3.18. The fourth-order valence-corrected chi connectivity index (χ4v) is 1.57. The second kappa shape index (κ2) is 4.19. The van der Waals surface area contributed by atoms with E-state index in [0.717, 1.165) is 11.1 Å². The molecular formula is C14H12O2. The first kappa shape index (κ1) is 10.4. The minimum absolute atomic E-state index is 0.0214. The summed E-state index contributed by atoms with van der Waals surface area (Å²) in [5, 5.41) is 9.58. The summed E-state index contributed by atoms with van der Waals surface area (Å²) < 4.78 is 0. The smallest absolute Gasteiger partial charge is 0.153 e. The molecule has 0 spiro atoms. The van der Waals surface area contributed by atoms with Crippen LogP contribution in [-0.4, -0.2) is 11.4 Å². The number of phenols is 1. The third kappa shape index (κ3) is 1.96. The van der Waals surface area contributed by atoms with Gasteiger partial charge in [-0.15, -0.1) is 0 Å². The average Bonchev–Trinajstić information content (AvgIpc) is 2.30. The number of phenolic OH excluding ortho intramolecular Hbond substituents is 1. The lowest BCUT2D eigenvalue weighted by Crippen LogP contribution is -1.83. The van der Waals surface area contributed by atoms with Crippen molar-refractivity contribution in [2.45, 2.75) is 6.92 Å². The highest BCUT2D eigenvalue weighted by Crippen LogP contribution is 2.25. The van der Waals surface area contributed by atoms with Crippen LogP contribution in [0.2, 0.25) is 0 Å². The highest BCUT2D eigenvalue weighted by Gasteiger charge is 2.03. The molecule has 0 bridgehead atoms. The van der Waals surface area contributed by atoms with Gasteiger partial charge >= 0.3 is 0 Å². The second-order valence-electron chi connectivity index (χ2n) is 3.76. The number of rotatable bonds is 2. The SMILES string of the molecule is Cc1ccc(-c2ccc(C=O)c(O)c2)cc1. The van der Waals surface area contributed by atoms with Gasteiger partial charge in [0.2, 0.25) is 0 Å². The summed E-state index contributed by atoms with van der Waals surface area (Å²) in [4.78, 5) is 10.6. The molecule has 0 aromatic heterocycles. The van der Waals surface area contributed by atoms with Crippen molar-refractivity contribution >= 4 is 6.29 Å². The zero-order valence-electron chi connectivity index (χ0n) is 8.97. The molecule has 0 aliphatic rings. The molecule has 0 aliphatic carbocycles. The highest BCUT2D eigenvalue weighted by molar-refractivity contribution is 5.81. The van der Waals surface area contributed by atoms with Gasteiger partial charge in [0.05, 0.1) is 5.56 Å². The Morgan fingerprint density at radius 2 is 1.62 bits per heavy atom. The number of aromatic hydroxyl groups is 1. The van der Waals surface area contributed by atoms with Crippen molar-refractivity contribution in [3.8, 4) is 16.9 Å². The molecule has 0 aliphatic heterocycles. The standard InChI is InChI=1S/C14H12O2/c1-10-2-4-11(5-3-10)12-6-7-13(9-15)14(16)8-12/h2-9,16H,1H3. The molecular weight excluding hydrogens is 200 g/mol. The Kier molecular flexibility index (Phi) is 2.73. The van der Waals surface area contributed by atoms with Gasteiger partial charge in [0, 0.05) is 0 Å². The van der Waals surface area contributed by atoms with E-state index in [1.165, 1.54) is 5.56 Å². The molecule has 2 nitrogen and oxygen atoms in total. The number of aryl methyl sites for hydroxylation is 1. The molecule has 2 heteroatoms. The van der Waals surface area contributed by atoms with Crippen LogP contribution in [0.25, 0.3) is 11.1 Å². The first-order valence-corrected chi connectivity index (χ1v) is 5.06. The van der Waals surface area contributed by atoms with Gasteiger partial charge in [-0.3, -0.25) is 4.79 Å². The largest absolute Gasteiger partial charge is 0.507 e. The van der Waals surface area contributed by atoms with E-state index < -0.39 is 0 Å². The number of hydrogen-bond acceptors (Lipinski definition) is 2. The number of benzene rings is 2. The van der Waals surface area contributed by atoms with Crippen LogP contribution in [-0.2, 0) is 0 Å². The zero-order valence-corrected chi connectivity index (χ0v) is 8.97. The molecule has 2 aromatic rings. The third-order valence-corrected chi connectivity index (χ3v) is 2.54. The van der Waals surface area contributed by atoms with Crippen molar-refractivity contribution in [2.24, 2.45) is 0 Å². The lowest BCUT2D eigenvalue weighted by Gasteiger charge is -2.04. The molecule has 2 rings (SSSR count). The number of hydrogen-bond donors (Lipinski definition) is 1. The quantitative estimate of drug-likeness (QED) is 0.776. The minimum Gasteiger partial charge on any atom is -0.507 e. The Hall–Kier alpha value is -2.09. The van der Waals surface area contributed by atoms with Crippen LogP contribution >= 0.6 is 0 Å². The fraction of sp³-hybridized carbons (Fsp3) is 0.0714. The molecule has 0 amide bonds. The van der Waals surface area contributed by atoms with Gasteiger partial charge in [0.15, 0.2) is 6.29 Å². The van der Waals surface area contributed by atoms with Crippen molar-refractivity contribution < 1.29 is 9.90 Å². The van der Waals surface area contributed by atoms with E-state index in [1.54, 1.807) is 12.1 Å². The van der Waals surface area contributed by atoms with E-state index in [1.807, 2.05) is 37.3 Å². The summed E-state index contributed by atoms with van der Waals surface area (Å²) in [7, 11) is 0. The third-order valence-electron chi connectivity index (χ3n) is 2.54. The summed E-state index contributed by atoms with van der Waals surface area (Å²) >= 11 is 0. The van der Waals surface area contributed by atoms with Crippen LogP contribution in [0.1, 0.15) is 15.9 Å². The molecule has 80 valence electrons. The van der Waals surface area contributed by atoms with Gasteiger partial charge < -0.3 is 5.11 Å².